The summed E-state index contributed by atoms with van der Waals surface area (Å²) in [6.45, 7) is 2.97. The molecule has 0 saturated heterocycles. The highest BCUT2D eigenvalue weighted by molar-refractivity contribution is 5.77. The number of nitrogens with zero attached hydrogens (tertiary/aromatic N) is 1. The average Bonchev–Trinajstić information content (AvgIpc) is 2.40. The van der Waals surface area contributed by atoms with Crippen LogP contribution in [0.5, 0.6) is 5.75 Å². The van der Waals surface area contributed by atoms with Gasteiger partial charge in [-0.15, -0.1) is 5.10 Å². The lowest BCUT2D eigenvalue weighted by atomic mass is 10.2. The van der Waals surface area contributed by atoms with E-state index in [4.69, 9.17) is 16.2 Å². The molecule has 1 aromatic rings. The van der Waals surface area contributed by atoms with Crippen molar-refractivity contribution in [2.24, 2.45) is 16.6 Å². The number of benzene rings is 1. The van der Waals surface area contributed by atoms with Crippen molar-refractivity contribution < 1.29 is 9.84 Å². The number of nitrogens with one attached hydrogen (secondary N) is 1. The Morgan fingerprint density at radius 3 is 2.58 bits per heavy atom. The normalized spacial score (nSPS) is 10.6. The van der Waals surface area contributed by atoms with E-state index in [2.05, 4.69) is 17.1 Å². The van der Waals surface area contributed by atoms with Gasteiger partial charge in [-0.2, -0.15) is 0 Å². The van der Waals surface area contributed by atoms with E-state index in [9.17, 15) is 0 Å². The van der Waals surface area contributed by atoms with Crippen LogP contribution in [0.25, 0.3) is 0 Å². The summed E-state index contributed by atoms with van der Waals surface area (Å²) < 4.78 is 5.65. The summed E-state index contributed by atoms with van der Waals surface area (Å²) >= 11 is 0. The summed E-state index contributed by atoms with van der Waals surface area (Å²) in [5.74, 6) is 0.888. The first-order chi connectivity index (χ1) is 9.22. The van der Waals surface area contributed by atoms with E-state index in [1.807, 2.05) is 24.3 Å². The standard InChI is InChI=1S/C14H22N4O/c1-2-3-4-5-10-19-13-8-6-12(7-9-13)11-17-18-14(15)16/h6-9,11H,2-5,10H2,1H3,(H4,15,16,18)/p+1/b17-11-. The van der Waals surface area contributed by atoms with Gasteiger partial charge in [-0.05, 0) is 30.7 Å². The Kier molecular flexibility index (Phi) is 7.09. The maximum Gasteiger partial charge on any atom is 0.256 e. The van der Waals surface area contributed by atoms with Gasteiger partial charge in [-0.1, -0.05) is 26.2 Å². The number of hydrazone groups is 1. The first-order valence-electron chi connectivity index (χ1n) is 6.62. The fraction of sp³-hybridized carbons (Fsp3) is 0.429. The van der Waals surface area contributed by atoms with Crippen molar-refractivity contribution in [1.82, 2.24) is 0 Å². The molecule has 0 aromatic heterocycles. The Morgan fingerprint density at radius 2 is 1.95 bits per heavy atom. The minimum Gasteiger partial charge on any atom is -0.494 e. The molecular weight excluding hydrogens is 240 g/mol. The summed E-state index contributed by atoms with van der Waals surface area (Å²) in [5.41, 5.74) is 11.4. The van der Waals surface area contributed by atoms with E-state index >= 15 is 0 Å². The lowest BCUT2D eigenvalue weighted by molar-refractivity contribution is -0.456. The minimum atomic E-state index is 0.00304. The second-order valence-corrected chi connectivity index (χ2v) is 4.29. The highest BCUT2D eigenvalue weighted by Gasteiger charge is 1.96. The molecule has 0 spiro atoms. The van der Waals surface area contributed by atoms with E-state index in [-0.39, 0.29) is 5.96 Å². The molecule has 0 atom stereocenters. The molecule has 19 heavy (non-hydrogen) atoms. The van der Waals surface area contributed by atoms with Crippen LogP contribution in [0.4, 0.5) is 0 Å². The zero-order valence-corrected chi connectivity index (χ0v) is 11.4. The van der Waals surface area contributed by atoms with Crippen molar-refractivity contribution in [2.75, 3.05) is 6.61 Å². The SMILES string of the molecule is CCCCCCOc1ccc(/C=[NH+]\N=C(N)N)cc1. The molecule has 0 aliphatic carbocycles. The van der Waals surface area contributed by atoms with Gasteiger partial charge in [-0.25, -0.2) is 0 Å². The van der Waals surface area contributed by atoms with Crippen LogP contribution in [-0.4, -0.2) is 18.8 Å². The predicted molar refractivity (Wildman–Crippen MR) is 78.0 cm³/mol. The third-order valence-corrected chi connectivity index (χ3v) is 2.57. The summed E-state index contributed by atoms with van der Waals surface area (Å²) in [7, 11) is 0. The third kappa shape index (κ3) is 7.08. The lowest BCUT2D eigenvalue weighted by Crippen LogP contribution is -2.63. The van der Waals surface area contributed by atoms with Gasteiger partial charge in [0.05, 0.1) is 6.61 Å². The second-order valence-electron chi connectivity index (χ2n) is 4.29. The molecule has 1 aromatic carbocycles. The highest BCUT2D eigenvalue weighted by Crippen LogP contribution is 2.11. The quantitative estimate of drug-likeness (QED) is 0.273. The molecule has 104 valence electrons. The number of rotatable bonds is 8. The van der Waals surface area contributed by atoms with Gasteiger partial charge < -0.3 is 16.2 Å². The van der Waals surface area contributed by atoms with Crippen molar-refractivity contribution in [3.8, 4) is 5.75 Å². The smallest absolute Gasteiger partial charge is 0.256 e. The summed E-state index contributed by atoms with van der Waals surface area (Å²) in [5, 5.41) is 6.31. The van der Waals surface area contributed by atoms with Gasteiger partial charge >= 0.3 is 0 Å². The molecule has 0 heterocycles. The second kappa shape index (κ2) is 8.97. The van der Waals surface area contributed by atoms with Crippen molar-refractivity contribution in [3.05, 3.63) is 29.8 Å². The Hall–Kier alpha value is -2.04. The number of nitrogens with two attached hydrogens (primary N) is 2. The Bertz CT molecular complexity index is 408. The first kappa shape index (κ1) is 15.0. The number of guanidine groups is 1. The monoisotopic (exact) mass is 263 g/mol. The zero-order valence-electron chi connectivity index (χ0n) is 11.4. The van der Waals surface area contributed by atoms with Crippen LogP contribution >= 0.6 is 0 Å². The Morgan fingerprint density at radius 1 is 1.21 bits per heavy atom. The highest BCUT2D eigenvalue weighted by atomic mass is 16.5. The van der Waals surface area contributed by atoms with E-state index in [1.54, 1.807) is 6.21 Å². The average molecular weight is 263 g/mol. The molecule has 0 saturated carbocycles. The van der Waals surface area contributed by atoms with E-state index in [0.29, 0.717) is 0 Å². The first-order valence-corrected chi connectivity index (χ1v) is 6.62. The molecule has 0 amide bonds. The number of hydrogen-bond donors (Lipinski definition) is 3. The number of hydrogen-bond acceptors (Lipinski definition) is 2. The van der Waals surface area contributed by atoms with Gasteiger partial charge in [-0.3, -0.25) is 0 Å². The van der Waals surface area contributed by atoms with E-state index in [0.717, 1.165) is 24.3 Å². The van der Waals surface area contributed by atoms with Crippen LogP contribution in [0.3, 0.4) is 0 Å². The predicted octanol–water partition coefficient (Wildman–Crippen LogP) is 0.334. The fourth-order valence-corrected chi connectivity index (χ4v) is 1.56. The molecule has 1 rings (SSSR count). The minimum absolute atomic E-state index is 0.00304. The summed E-state index contributed by atoms with van der Waals surface area (Å²) in [6.07, 6.45) is 6.56. The number of ether oxygens (including phenoxy) is 1. The summed E-state index contributed by atoms with van der Waals surface area (Å²) in [4.78, 5) is 0. The molecule has 5 heteroatoms. The Labute approximate surface area is 114 Å². The van der Waals surface area contributed by atoms with Crippen LogP contribution in [0.2, 0.25) is 0 Å². The maximum absolute atomic E-state index is 5.65. The lowest BCUT2D eigenvalue weighted by Gasteiger charge is -2.05. The Balaban J connectivity index is 2.35. The maximum atomic E-state index is 5.65. The van der Waals surface area contributed by atoms with Gasteiger partial charge in [0.2, 0.25) is 6.21 Å². The molecule has 5 nitrogen and oxygen atoms in total. The topological polar surface area (TPSA) is 87.6 Å². The van der Waals surface area contributed by atoms with Gasteiger partial charge in [0.25, 0.3) is 5.96 Å². The molecule has 0 bridgehead atoms. The van der Waals surface area contributed by atoms with Crippen molar-refractivity contribution in [1.29, 1.82) is 0 Å². The molecule has 0 fully saturated rings. The van der Waals surface area contributed by atoms with Crippen molar-refractivity contribution >= 4 is 12.2 Å². The van der Waals surface area contributed by atoms with E-state index < -0.39 is 0 Å². The van der Waals surface area contributed by atoms with Crippen LogP contribution in [0, 0.1) is 0 Å². The van der Waals surface area contributed by atoms with Crippen LogP contribution in [0.15, 0.2) is 29.4 Å². The van der Waals surface area contributed by atoms with Crippen molar-refractivity contribution in [2.45, 2.75) is 32.6 Å². The zero-order chi connectivity index (χ0) is 13.9. The molecule has 0 aliphatic rings. The third-order valence-electron chi connectivity index (χ3n) is 2.57. The van der Waals surface area contributed by atoms with Crippen LogP contribution in [-0.2, 0) is 0 Å². The van der Waals surface area contributed by atoms with Gasteiger partial charge in [0.1, 0.15) is 5.75 Å². The largest absolute Gasteiger partial charge is 0.494 e. The summed E-state index contributed by atoms with van der Waals surface area (Å²) in [6, 6.07) is 7.75. The van der Waals surface area contributed by atoms with Crippen molar-refractivity contribution in [3.63, 3.8) is 0 Å². The van der Waals surface area contributed by atoms with Crippen LogP contribution < -0.4 is 21.3 Å². The molecular formula is C14H23N4O+. The van der Waals surface area contributed by atoms with Gasteiger partial charge in [0, 0.05) is 10.7 Å². The van der Waals surface area contributed by atoms with Crippen LogP contribution in [0.1, 0.15) is 38.2 Å². The van der Waals surface area contributed by atoms with E-state index in [1.165, 1.54) is 19.3 Å². The molecule has 0 unspecified atom stereocenters. The fourth-order valence-electron chi connectivity index (χ4n) is 1.56. The van der Waals surface area contributed by atoms with Gasteiger partial charge in [0.15, 0.2) is 0 Å². The molecule has 0 radical (unpaired) electrons. The number of unbranched alkanes of at least 4 members (excludes halogenated alkanes) is 3. The molecule has 5 N–H and O–H groups in total. The molecule has 0 aliphatic heterocycles.